The van der Waals surface area contributed by atoms with Crippen LogP contribution in [-0.4, -0.2) is 25.0 Å². The van der Waals surface area contributed by atoms with E-state index in [-0.39, 0.29) is 24.2 Å². The van der Waals surface area contributed by atoms with Gasteiger partial charge in [0.05, 0.1) is 18.2 Å². The average molecular weight is 366 g/mol. The second kappa shape index (κ2) is 8.25. The molecule has 0 unspecified atom stereocenters. The smallest absolute Gasteiger partial charge is 0.229 e. The Balaban J connectivity index is 1.69. The molecule has 1 aliphatic heterocycles. The lowest BCUT2D eigenvalue weighted by atomic mass is 10.0. The number of benzene rings is 2. The second-order valence-corrected chi connectivity index (χ2v) is 7.07. The Labute approximate surface area is 160 Å². The molecule has 0 spiro atoms. The molecule has 2 aromatic carbocycles. The van der Waals surface area contributed by atoms with E-state index in [1.807, 2.05) is 55.5 Å². The van der Waals surface area contributed by atoms with Gasteiger partial charge in [0.1, 0.15) is 5.75 Å². The topological polar surface area (TPSA) is 58.6 Å². The zero-order chi connectivity index (χ0) is 19.4. The van der Waals surface area contributed by atoms with Crippen molar-refractivity contribution in [2.75, 3.05) is 23.4 Å². The summed E-state index contributed by atoms with van der Waals surface area (Å²) in [6.07, 6.45) is 0.217. The number of ether oxygens (including phenoxy) is 1. The fraction of sp³-hybridized carbons (Fsp3) is 0.364. The van der Waals surface area contributed by atoms with E-state index in [4.69, 9.17) is 4.74 Å². The number of nitrogens with zero attached hydrogens (tertiary/aromatic N) is 1. The van der Waals surface area contributed by atoms with Crippen molar-refractivity contribution in [3.05, 3.63) is 54.1 Å². The Kier molecular flexibility index (Phi) is 5.79. The van der Waals surface area contributed by atoms with Crippen LogP contribution in [0, 0.1) is 5.92 Å². The van der Waals surface area contributed by atoms with E-state index in [9.17, 15) is 9.59 Å². The van der Waals surface area contributed by atoms with Crippen molar-refractivity contribution in [2.24, 2.45) is 5.92 Å². The summed E-state index contributed by atoms with van der Waals surface area (Å²) in [7, 11) is 0. The van der Waals surface area contributed by atoms with Crippen LogP contribution in [-0.2, 0) is 9.59 Å². The van der Waals surface area contributed by atoms with Crippen LogP contribution >= 0.6 is 0 Å². The molecule has 0 radical (unpaired) electrons. The molecule has 5 nitrogen and oxygen atoms in total. The van der Waals surface area contributed by atoms with Crippen molar-refractivity contribution >= 4 is 23.2 Å². The average Bonchev–Trinajstić information content (AvgIpc) is 3.05. The van der Waals surface area contributed by atoms with Gasteiger partial charge in [-0.05, 0) is 42.7 Å². The Morgan fingerprint density at radius 3 is 2.56 bits per heavy atom. The van der Waals surface area contributed by atoms with Gasteiger partial charge in [0.15, 0.2) is 0 Å². The maximum Gasteiger partial charge on any atom is 0.229 e. The van der Waals surface area contributed by atoms with Gasteiger partial charge < -0.3 is 15.0 Å². The number of nitrogens with one attached hydrogen (secondary N) is 1. The summed E-state index contributed by atoms with van der Waals surface area (Å²) in [4.78, 5) is 26.8. The minimum atomic E-state index is -0.378. The molecule has 1 aliphatic rings. The Bertz CT molecular complexity index is 815. The van der Waals surface area contributed by atoms with Gasteiger partial charge in [-0.15, -0.1) is 0 Å². The van der Waals surface area contributed by atoms with Crippen molar-refractivity contribution in [1.29, 1.82) is 0 Å². The summed E-state index contributed by atoms with van der Waals surface area (Å²) in [5.41, 5.74) is 2.71. The van der Waals surface area contributed by atoms with Crippen LogP contribution in [0.4, 0.5) is 11.4 Å². The summed E-state index contributed by atoms with van der Waals surface area (Å²) >= 11 is 0. The summed E-state index contributed by atoms with van der Waals surface area (Å²) < 4.78 is 5.55. The molecule has 2 aromatic rings. The van der Waals surface area contributed by atoms with Crippen LogP contribution in [0.5, 0.6) is 5.75 Å². The molecular weight excluding hydrogens is 340 g/mol. The SMILES string of the molecule is CCOc1ccccc1NC(=O)[C@H]1CC(=O)N(c2ccc(C(C)C)cc2)C1. The number of amides is 2. The highest BCUT2D eigenvalue weighted by Crippen LogP contribution is 2.29. The summed E-state index contributed by atoms with van der Waals surface area (Å²) in [6.45, 7) is 7.08. The van der Waals surface area contributed by atoms with E-state index < -0.39 is 0 Å². The fourth-order valence-corrected chi connectivity index (χ4v) is 3.26. The first-order chi connectivity index (χ1) is 13.0. The number of hydrogen-bond acceptors (Lipinski definition) is 3. The van der Waals surface area contributed by atoms with Crippen molar-refractivity contribution in [1.82, 2.24) is 0 Å². The lowest BCUT2D eigenvalue weighted by Gasteiger charge is -2.18. The molecule has 1 N–H and O–H groups in total. The van der Waals surface area contributed by atoms with Crippen molar-refractivity contribution < 1.29 is 14.3 Å². The zero-order valence-corrected chi connectivity index (χ0v) is 16.1. The third kappa shape index (κ3) is 4.30. The van der Waals surface area contributed by atoms with Gasteiger partial charge in [-0.25, -0.2) is 0 Å². The lowest BCUT2D eigenvalue weighted by molar-refractivity contribution is -0.122. The highest BCUT2D eigenvalue weighted by Gasteiger charge is 2.35. The van der Waals surface area contributed by atoms with Crippen LogP contribution in [0.3, 0.4) is 0 Å². The van der Waals surface area contributed by atoms with E-state index in [2.05, 4.69) is 19.2 Å². The van der Waals surface area contributed by atoms with Crippen LogP contribution in [0.15, 0.2) is 48.5 Å². The fourth-order valence-electron chi connectivity index (χ4n) is 3.26. The molecule has 1 saturated heterocycles. The molecule has 1 atom stereocenters. The first-order valence-corrected chi connectivity index (χ1v) is 9.42. The van der Waals surface area contributed by atoms with Gasteiger partial charge in [0.2, 0.25) is 11.8 Å². The third-order valence-electron chi connectivity index (χ3n) is 4.81. The highest BCUT2D eigenvalue weighted by molar-refractivity contribution is 6.03. The Morgan fingerprint density at radius 1 is 1.19 bits per heavy atom. The Hall–Kier alpha value is -2.82. The quantitative estimate of drug-likeness (QED) is 0.833. The Morgan fingerprint density at radius 2 is 1.89 bits per heavy atom. The maximum atomic E-state index is 12.7. The normalized spacial score (nSPS) is 16.7. The molecule has 0 bridgehead atoms. The molecule has 0 aliphatic carbocycles. The molecule has 5 heteroatoms. The number of carbonyl (C=O) groups is 2. The largest absolute Gasteiger partial charge is 0.492 e. The van der Waals surface area contributed by atoms with Crippen molar-refractivity contribution in [3.63, 3.8) is 0 Å². The van der Waals surface area contributed by atoms with Gasteiger partial charge in [-0.1, -0.05) is 38.1 Å². The first-order valence-electron chi connectivity index (χ1n) is 9.42. The minimum Gasteiger partial charge on any atom is -0.492 e. The number of anilines is 2. The predicted octanol–water partition coefficient (Wildman–Crippen LogP) is 4.20. The van der Waals surface area contributed by atoms with E-state index in [0.717, 1.165) is 5.69 Å². The molecule has 0 saturated carbocycles. The standard InChI is InChI=1S/C22H26N2O3/c1-4-27-20-8-6-5-7-19(20)23-22(26)17-13-21(25)24(14-17)18-11-9-16(10-12-18)15(2)3/h5-12,15,17H,4,13-14H2,1-3H3,(H,23,26)/t17-/m0/s1. The van der Waals surface area contributed by atoms with E-state index >= 15 is 0 Å². The van der Waals surface area contributed by atoms with E-state index in [0.29, 0.717) is 30.5 Å². The number of carbonyl (C=O) groups excluding carboxylic acids is 2. The highest BCUT2D eigenvalue weighted by atomic mass is 16.5. The third-order valence-corrected chi connectivity index (χ3v) is 4.81. The molecule has 3 rings (SSSR count). The number of para-hydroxylation sites is 2. The molecule has 27 heavy (non-hydrogen) atoms. The van der Waals surface area contributed by atoms with Crippen molar-refractivity contribution in [3.8, 4) is 5.75 Å². The predicted molar refractivity (Wildman–Crippen MR) is 107 cm³/mol. The van der Waals surface area contributed by atoms with Crippen LogP contribution in [0.2, 0.25) is 0 Å². The molecular formula is C22H26N2O3. The summed E-state index contributed by atoms with van der Waals surface area (Å²) in [5.74, 6) is 0.523. The molecule has 0 aromatic heterocycles. The number of rotatable bonds is 6. The van der Waals surface area contributed by atoms with Gasteiger partial charge in [-0.3, -0.25) is 9.59 Å². The summed E-state index contributed by atoms with van der Waals surface area (Å²) in [5, 5.41) is 2.91. The van der Waals surface area contributed by atoms with Crippen LogP contribution in [0.1, 0.15) is 38.7 Å². The lowest BCUT2D eigenvalue weighted by Crippen LogP contribution is -2.28. The minimum absolute atomic E-state index is 0.0226. The van der Waals surface area contributed by atoms with Crippen LogP contribution in [0.25, 0.3) is 0 Å². The molecule has 1 heterocycles. The second-order valence-electron chi connectivity index (χ2n) is 7.07. The molecule has 1 fully saturated rings. The summed E-state index contributed by atoms with van der Waals surface area (Å²) in [6, 6.07) is 15.3. The molecule has 2 amide bonds. The van der Waals surface area contributed by atoms with Crippen LogP contribution < -0.4 is 15.0 Å². The van der Waals surface area contributed by atoms with Gasteiger partial charge >= 0.3 is 0 Å². The van der Waals surface area contributed by atoms with E-state index in [1.165, 1.54) is 5.56 Å². The van der Waals surface area contributed by atoms with Crippen molar-refractivity contribution in [2.45, 2.75) is 33.1 Å². The maximum absolute atomic E-state index is 12.7. The van der Waals surface area contributed by atoms with Gasteiger partial charge in [0, 0.05) is 18.7 Å². The van der Waals surface area contributed by atoms with Gasteiger partial charge in [-0.2, -0.15) is 0 Å². The first kappa shape index (κ1) is 19.0. The van der Waals surface area contributed by atoms with E-state index in [1.54, 1.807) is 4.90 Å². The monoisotopic (exact) mass is 366 g/mol. The zero-order valence-electron chi connectivity index (χ0n) is 16.1. The number of hydrogen-bond donors (Lipinski definition) is 1. The van der Waals surface area contributed by atoms with Gasteiger partial charge in [0.25, 0.3) is 0 Å². The molecule has 142 valence electrons.